The van der Waals surface area contributed by atoms with Crippen molar-refractivity contribution in [3.8, 4) is 11.4 Å². The molecule has 0 amide bonds. The fourth-order valence-corrected chi connectivity index (χ4v) is 1.92. The Morgan fingerprint density at radius 3 is 2.84 bits per heavy atom. The predicted octanol–water partition coefficient (Wildman–Crippen LogP) is 3.37. The van der Waals surface area contributed by atoms with Gasteiger partial charge in [-0.05, 0) is 37.1 Å². The Balaban J connectivity index is 2.20. The maximum Gasteiger partial charge on any atom is 0.243 e. The molecule has 1 atom stereocenters. The monoisotopic (exact) mass is 263 g/mol. The minimum absolute atomic E-state index is 0.254. The first kappa shape index (κ1) is 13.7. The van der Waals surface area contributed by atoms with Crippen LogP contribution in [0.15, 0.2) is 22.7 Å². The van der Waals surface area contributed by atoms with Gasteiger partial charge < -0.3 is 10.3 Å². The summed E-state index contributed by atoms with van der Waals surface area (Å²) in [5.41, 5.74) is 7.38. The fraction of sp³-hybridized carbons (Fsp3) is 0.429. The molecule has 4 nitrogen and oxygen atoms in total. The summed E-state index contributed by atoms with van der Waals surface area (Å²) in [6.45, 7) is 3.92. The molecule has 1 heterocycles. The average Bonchev–Trinajstić information content (AvgIpc) is 2.84. The quantitative estimate of drug-likeness (QED) is 0.898. The van der Waals surface area contributed by atoms with E-state index in [0.717, 1.165) is 24.8 Å². The number of aryl methyl sites for hydroxylation is 1. The van der Waals surface area contributed by atoms with Crippen LogP contribution in [-0.4, -0.2) is 10.1 Å². The molecule has 0 aliphatic rings. The first-order valence-electron chi connectivity index (χ1n) is 6.47. The second-order valence-corrected chi connectivity index (χ2v) is 4.72. The van der Waals surface area contributed by atoms with Crippen LogP contribution in [-0.2, 0) is 0 Å². The van der Waals surface area contributed by atoms with Gasteiger partial charge in [-0.15, -0.1) is 0 Å². The van der Waals surface area contributed by atoms with Crippen molar-refractivity contribution in [3.05, 3.63) is 35.5 Å². The van der Waals surface area contributed by atoms with E-state index in [4.69, 9.17) is 10.3 Å². The zero-order valence-corrected chi connectivity index (χ0v) is 11.2. The highest BCUT2D eigenvalue weighted by Crippen LogP contribution is 2.22. The van der Waals surface area contributed by atoms with Crippen LogP contribution in [0.4, 0.5) is 4.39 Å². The summed E-state index contributed by atoms with van der Waals surface area (Å²) in [4.78, 5) is 4.25. The number of benzene rings is 1. The van der Waals surface area contributed by atoms with Gasteiger partial charge in [0.25, 0.3) is 0 Å². The van der Waals surface area contributed by atoms with Crippen LogP contribution >= 0.6 is 0 Å². The summed E-state index contributed by atoms with van der Waals surface area (Å²) in [7, 11) is 0. The van der Waals surface area contributed by atoms with Gasteiger partial charge >= 0.3 is 0 Å². The third-order valence-electron chi connectivity index (χ3n) is 2.93. The summed E-state index contributed by atoms with van der Waals surface area (Å²) in [5.74, 6) is 0.478. The third kappa shape index (κ3) is 3.38. The van der Waals surface area contributed by atoms with Gasteiger partial charge in [-0.2, -0.15) is 4.98 Å². The Kier molecular flexibility index (Phi) is 4.27. The lowest BCUT2D eigenvalue weighted by Crippen LogP contribution is -2.10. The summed E-state index contributed by atoms with van der Waals surface area (Å²) in [6.07, 6.45) is 2.88. The molecule has 0 saturated carbocycles. The first-order valence-corrected chi connectivity index (χ1v) is 6.47. The van der Waals surface area contributed by atoms with Gasteiger partial charge in [-0.3, -0.25) is 0 Å². The molecule has 102 valence electrons. The summed E-state index contributed by atoms with van der Waals surface area (Å²) >= 11 is 0. The van der Waals surface area contributed by atoms with Gasteiger partial charge in [-0.1, -0.05) is 24.9 Å². The van der Waals surface area contributed by atoms with Crippen molar-refractivity contribution in [1.29, 1.82) is 0 Å². The van der Waals surface area contributed by atoms with Crippen LogP contribution in [0.25, 0.3) is 11.4 Å². The minimum atomic E-state index is -0.309. The molecule has 0 bridgehead atoms. The minimum Gasteiger partial charge on any atom is -0.337 e. The average molecular weight is 263 g/mol. The van der Waals surface area contributed by atoms with E-state index in [-0.39, 0.29) is 11.9 Å². The summed E-state index contributed by atoms with van der Waals surface area (Å²) in [5, 5.41) is 3.87. The van der Waals surface area contributed by atoms with Crippen LogP contribution < -0.4 is 5.73 Å². The number of nitrogens with two attached hydrogens (primary N) is 1. The third-order valence-corrected chi connectivity index (χ3v) is 2.93. The van der Waals surface area contributed by atoms with E-state index in [1.165, 1.54) is 12.1 Å². The number of hydrogen-bond acceptors (Lipinski definition) is 4. The maximum absolute atomic E-state index is 13.3. The molecule has 0 saturated heterocycles. The fourth-order valence-electron chi connectivity index (χ4n) is 1.92. The molecule has 19 heavy (non-hydrogen) atoms. The van der Waals surface area contributed by atoms with Crippen LogP contribution in [0.3, 0.4) is 0 Å². The van der Waals surface area contributed by atoms with Crippen molar-refractivity contribution in [3.63, 3.8) is 0 Å². The summed E-state index contributed by atoms with van der Waals surface area (Å²) in [6, 6.07) is 4.40. The molecule has 1 unspecified atom stereocenters. The van der Waals surface area contributed by atoms with E-state index in [1.807, 2.05) is 13.0 Å². The van der Waals surface area contributed by atoms with Gasteiger partial charge in [0.15, 0.2) is 0 Å². The van der Waals surface area contributed by atoms with Crippen LogP contribution in [0.5, 0.6) is 0 Å². The second kappa shape index (κ2) is 5.93. The molecule has 0 fully saturated rings. The number of unbranched alkanes of at least 4 members (excludes halogenated alkanes) is 1. The largest absolute Gasteiger partial charge is 0.337 e. The van der Waals surface area contributed by atoms with E-state index in [0.29, 0.717) is 17.3 Å². The number of halogens is 1. The number of nitrogens with zero attached hydrogens (tertiary/aromatic N) is 2. The number of hydrogen-bond donors (Lipinski definition) is 1. The van der Waals surface area contributed by atoms with Crippen molar-refractivity contribution in [2.75, 3.05) is 0 Å². The second-order valence-electron chi connectivity index (χ2n) is 4.72. The molecular formula is C14H18FN3O. The molecule has 2 N–H and O–H groups in total. The van der Waals surface area contributed by atoms with E-state index in [1.54, 1.807) is 0 Å². The Labute approximate surface area is 111 Å². The number of aromatic nitrogens is 2. The summed E-state index contributed by atoms with van der Waals surface area (Å²) < 4.78 is 18.5. The van der Waals surface area contributed by atoms with E-state index >= 15 is 0 Å². The van der Waals surface area contributed by atoms with Crippen molar-refractivity contribution in [2.45, 2.75) is 39.2 Å². The van der Waals surface area contributed by atoms with Crippen LogP contribution in [0, 0.1) is 12.7 Å². The molecule has 0 aliphatic heterocycles. The van der Waals surface area contributed by atoms with Gasteiger partial charge in [0.05, 0.1) is 6.04 Å². The highest BCUT2D eigenvalue weighted by Gasteiger charge is 2.15. The van der Waals surface area contributed by atoms with Gasteiger partial charge in [-0.25, -0.2) is 4.39 Å². The van der Waals surface area contributed by atoms with E-state index in [2.05, 4.69) is 17.1 Å². The normalized spacial score (nSPS) is 12.6. The van der Waals surface area contributed by atoms with Crippen molar-refractivity contribution in [2.24, 2.45) is 5.73 Å². The molecule has 0 spiro atoms. The molecule has 2 rings (SSSR count). The predicted molar refractivity (Wildman–Crippen MR) is 70.9 cm³/mol. The molecule has 1 aromatic carbocycles. The zero-order chi connectivity index (χ0) is 13.8. The van der Waals surface area contributed by atoms with Crippen LogP contribution in [0.1, 0.15) is 43.7 Å². The zero-order valence-electron chi connectivity index (χ0n) is 11.2. The molecule has 5 heteroatoms. The highest BCUT2D eigenvalue weighted by molar-refractivity contribution is 5.55. The Morgan fingerprint density at radius 2 is 2.16 bits per heavy atom. The lowest BCUT2D eigenvalue weighted by molar-refractivity contribution is 0.346. The van der Waals surface area contributed by atoms with E-state index < -0.39 is 0 Å². The highest BCUT2D eigenvalue weighted by atomic mass is 19.1. The Morgan fingerprint density at radius 1 is 1.37 bits per heavy atom. The lowest BCUT2D eigenvalue weighted by Gasteiger charge is -2.03. The molecule has 0 radical (unpaired) electrons. The maximum atomic E-state index is 13.3. The van der Waals surface area contributed by atoms with Gasteiger partial charge in [0.1, 0.15) is 5.82 Å². The number of rotatable bonds is 5. The van der Waals surface area contributed by atoms with Gasteiger partial charge in [0, 0.05) is 5.56 Å². The molecular weight excluding hydrogens is 245 g/mol. The SMILES string of the molecule is CCCCC(N)c1nc(-c2cc(C)cc(F)c2)no1. The van der Waals surface area contributed by atoms with Gasteiger partial charge in [0.2, 0.25) is 11.7 Å². The Bertz CT molecular complexity index is 533. The lowest BCUT2D eigenvalue weighted by atomic mass is 10.1. The van der Waals surface area contributed by atoms with Crippen molar-refractivity contribution in [1.82, 2.24) is 10.1 Å². The molecule has 0 aliphatic carbocycles. The molecule has 1 aromatic heterocycles. The van der Waals surface area contributed by atoms with Crippen molar-refractivity contribution < 1.29 is 8.91 Å². The smallest absolute Gasteiger partial charge is 0.243 e. The first-order chi connectivity index (χ1) is 9.10. The topological polar surface area (TPSA) is 64.9 Å². The molecule has 2 aromatic rings. The standard InChI is InChI=1S/C14H18FN3O/c1-3-4-5-12(16)14-17-13(18-19-14)10-6-9(2)7-11(15)8-10/h6-8,12H,3-5,16H2,1-2H3. The van der Waals surface area contributed by atoms with E-state index in [9.17, 15) is 4.39 Å². The van der Waals surface area contributed by atoms with Crippen LogP contribution in [0.2, 0.25) is 0 Å². The van der Waals surface area contributed by atoms with Crippen molar-refractivity contribution >= 4 is 0 Å². The Hall–Kier alpha value is -1.75.